The van der Waals surface area contributed by atoms with E-state index in [0.29, 0.717) is 32.8 Å². The summed E-state index contributed by atoms with van der Waals surface area (Å²) in [6, 6.07) is 8.95. The number of hydrogen-bond donors (Lipinski definition) is 1. The first-order valence-electron chi connectivity index (χ1n) is 9.57. The summed E-state index contributed by atoms with van der Waals surface area (Å²) < 4.78 is 5.34. The van der Waals surface area contributed by atoms with Gasteiger partial charge in [-0.2, -0.15) is 0 Å². The first kappa shape index (κ1) is 18.9. The molecule has 3 rings (SSSR count). The zero-order chi connectivity index (χ0) is 18.5. The van der Waals surface area contributed by atoms with Crippen molar-refractivity contribution in [3.8, 4) is 0 Å². The molecule has 1 aromatic rings. The lowest BCUT2D eigenvalue weighted by molar-refractivity contribution is -0.152. The van der Waals surface area contributed by atoms with Gasteiger partial charge in [-0.25, -0.2) is 0 Å². The summed E-state index contributed by atoms with van der Waals surface area (Å²) in [7, 11) is 0. The maximum absolute atomic E-state index is 13.2. The van der Waals surface area contributed by atoms with Crippen molar-refractivity contribution >= 4 is 11.8 Å². The fraction of sp³-hybridized carbons (Fsp3) is 0.600. The van der Waals surface area contributed by atoms with Crippen LogP contribution >= 0.6 is 0 Å². The second-order valence-electron chi connectivity index (χ2n) is 7.21. The third-order valence-electron chi connectivity index (χ3n) is 5.51. The van der Waals surface area contributed by atoms with Crippen molar-refractivity contribution in [2.45, 2.75) is 38.3 Å². The molecule has 2 fully saturated rings. The molecule has 0 aromatic heterocycles. The molecule has 6 heteroatoms. The Morgan fingerprint density at radius 2 is 1.81 bits per heavy atom. The van der Waals surface area contributed by atoms with Crippen molar-refractivity contribution in [2.24, 2.45) is 11.7 Å². The van der Waals surface area contributed by atoms with Gasteiger partial charge >= 0.3 is 0 Å². The van der Waals surface area contributed by atoms with Crippen molar-refractivity contribution < 1.29 is 14.3 Å². The Labute approximate surface area is 155 Å². The zero-order valence-corrected chi connectivity index (χ0v) is 15.5. The molecule has 0 bridgehead atoms. The molecule has 1 aromatic carbocycles. The monoisotopic (exact) mass is 359 g/mol. The number of benzene rings is 1. The third kappa shape index (κ3) is 4.07. The smallest absolute Gasteiger partial charge is 0.245 e. The molecule has 26 heavy (non-hydrogen) atoms. The predicted octanol–water partition coefficient (Wildman–Crippen LogP) is 1.56. The van der Waals surface area contributed by atoms with E-state index in [1.807, 2.05) is 42.2 Å². The number of hydrogen-bond acceptors (Lipinski definition) is 4. The van der Waals surface area contributed by atoms with E-state index < -0.39 is 0 Å². The van der Waals surface area contributed by atoms with Crippen LogP contribution in [0.5, 0.6) is 0 Å². The first-order chi connectivity index (χ1) is 12.6. The van der Waals surface area contributed by atoms with E-state index in [2.05, 4.69) is 0 Å². The molecule has 0 aliphatic carbocycles. The predicted molar refractivity (Wildman–Crippen MR) is 99.3 cm³/mol. The van der Waals surface area contributed by atoms with Crippen LogP contribution in [0.4, 0.5) is 0 Å². The van der Waals surface area contributed by atoms with Crippen LogP contribution in [0.2, 0.25) is 0 Å². The summed E-state index contributed by atoms with van der Waals surface area (Å²) in [6.45, 7) is 4.85. The SMILES string of the molecule is CC(C(=O)N1CCCCC1C(=O)N1CCOCC1)C(N)c1ccccc1. The summed E-state index contributed by atoms with van der Waals surface area (Å²) in [4.78, 5) is 29.7. The van der Waals surface area contributed by atoms with Crippen LogP contribution in [0.3, 0.4) is 0 Å². The summed E-state index contributed by atoms with van der Waals surface area (Å²) in [5.74, 6) is -0.329. The fourth-order valence-electron chi connectivity index (χ4n) is 3.83. The van der Waals surface area contributed by atoms with Gasteiger partial charge in [-0.05, 0) is 24.8 Å². The van der Waals surface area contributed by atoms with E-state index in [0.717, 1.165) is 24.8 Å². The van der Waals surface area contributed by atoms with E-state index in [-0.39, 0.29) is 29.8 Å². The second-order valence-corrected chi connectivity index (χ2v) is 7.21. The summed E-state index contributed by atoms with van der Waals surface area (Å²) in [5, 5.41) is 0. The van der Waals surface area contributed by atoms with Crippen LogP contribution in [-0.4, -0.2) is 60.5 Å². The summed E-state index contributed by atoms with van der Waals surface area (Å²) >= 11 is 0. The highest BCUT2D eigenvalue weighted by Crippen LogP contribution is 2.26. The van der Waals surface area contributed by atoms with Gasteiger partial charge < -0.3 is 20.3 Å². The standard InChI is InChI=1S/C20H29N3O3/c1-15(18(21)16-7-3-2-4-8-16)19(24)23-10-6-5-9-17(23)20(25)22-11-13-26-14-12-22/h2-4,7-8,15,17-18H,5-6,9-14,21H2,1H3. The Kier molecular flexibility index (Phi) is 6.27. The van der Waals surface area contributed by atoms with Gasteiger partial charge in [-0.1, -0.05) is 37.3 Å². The molecule has 2 aliphatic rings. The van der Waals surface area contributed by atoms with Gasteiger partial charge in [0.25, 0.3) is 0 Å². The van der Waals surface area contributed by atoms with Gasteiger partial charge in [0.1, 0.15) is 6.04 Å². The average Bonchev–Trinajstić information content (AvgIpc) is 2.73. The van der Waals surface area contributed by atoms with E-state index in [1.54, 1.807) is 4.90 Å². The van der Waals surface area contributed by atoms with Crippen molar-refractivity contribution in [1.82, 2.24) is 9.80 Å². The molecule has 2 N–H and O–H groups in total. The maximum atomic E-state index is 13.2. The lowest BCUT2D eigenvalue weighted by atomic mass is 9.91. The van der Waals surface area contributed by atoms with E-state index in [1.165, 1.54) is 0 Å². The van der Waals surface area contributed by atoms with Gasteiger partial charge in [0, 0.05) is 25.7 Å². The number of carbonyl (C=O) groups is 2. The van der Waals surface area contributed by atoms with Crippen LogP contribution in [0.15, 0.2) is 30.3 Å². The van der Waals surface area contributed by atoms with Crippen molar-refractivity contribution in [2.75, 3.05) is 32.8 Å². The summed E-state index contributed by atoms with van der Waals surface area (Å²) in [5.41, 5.74) is 7.30. The normalized spacial score (nSPS) is 23.4. The minimum absolute atomic E-state index is 0.0207. The van der Waals surface area contributed by atoms with E-state index in [9.17, 15) is 9.59 Å². The molecule has 6 nitrogen and oxygen atoms in total. The Hall–Kier alpha value is -1.92. The molecular formula is C20H29N3O3. The number of nitrogens with zero attached hydrogens (tertiary/aromatic N) is 2. The van der Waals surface area contributed by atoms with Crippen LogP contribution in [-0.2, 0) is 14.3 Å². The molecule has 2 amide bonds. The quantitative estimate of drug-likeness (QED) is 0.885. The number of ether oxygens (including phenoxy) is 1. The third-order valence-corrected chi connectivity index (χ3v) is 5.51. The lowest BCUT2D eigenvalue weighted by Gasteiger charge is -2.40. The fourth-order valence-corrected chi connectivity index (χ4v) is 3.83. The topological polar surface area (TPSA) is 75.9 Å². The second kappa shape index (κ2) is 8.64. The van der Waals surface area contributed by atoms with E-state index in [4.69, 9.17) is 10.5 Å². The van der Waals surface area contributed by atoms with Crippen LogP contribution in [0.1, 0.15) is 37.8 Å². The van der Waals surface area contributed by atoms with Gasteiger partial charge in [-0.3, -0.25) is 9.59 Å². The first-order valence-corrected chi connectivity index (χ1v) is 9.57. The number of piperidine rings is 1. The minimum Gasteiger partial charge on any atom is -0.378 e. The highest BCUT2D eigenvalue weighted by atomic mass is 16.5. The Morgan fingerprint density at radius 3 is 2.50 bits per heavy atom. The van der Waals surface area contributed by atoms with Crippen molar-refractivity contribution in [3.63, 3.8) is 0 Å². The number of nitrogens with two attached hydrogens (primary N) is 1. The average molecular weight is 359 g/mol. The number of rotatable bonds is 4. The van der Waals surface area contributed by atoms with Crippen LogP contribution in [0.25, 0.3) is 0 Å². The molecule has 3 atom stereocenters. The van der Waals surface area contributed by atoms with Crippen LogP contribution in [0, 0.1) is 5.92 Å². The number of morpholine rings is 1. The van der Waals surface area contributed by atoms with Crippen molar-refractivity contribution in [1.29, 1.82) is 0 Å². The zero-order valence-electron chi connectivity index (χ0n) is 15.5. The Bertz CT molecular complexity index is 616. The van der Waals surface area contributed by atoms with Gasteiger partial charge in [0.2, 0.25) is 11.8 Å². The Balaban J connectivity index is 1.71. The molecular weight excluding hydrogens is 330 g/mol. The van der Waals surface area contributed by atoms with Gasteiger partial charge in [-0.15, -0.1) is 0 Å². The van der Waals surface area contributed by atoms with Gasteiger partial charge in [0.15, 0.2) is 0 Å². The highest BCUT2D eigenvalue weighted by Gasteiger charge is 2.38. The highest BCUT2D eigenvalue weighted by molar-refractivity contribution is 5.89. The van der Waals surface area contributed by atoms with Gasteiger partial charge in [0.05, 0.1) is 19.1 Å². The molecule has 2 aliphatic heterocycles. The molecule has 3 unspecified atom stereocenters. The largest absolute Gasteiger partial charge is 0.378 e. The number of likely N-dealkylation sites (tertiary alicyclic amines) is 1. The lowest BCUT2D eigenvalue weighted by Crippen LogP contribution is -2.56. The maximum Gasteiger partial charge on any atom is 0.245 e. The molecule has 0 radical (unpaired) electrons. The molecule has 0 spiro atoms. The molecule has 0 saturated carbocycles. The minimum atomic E-state index is -0.371. The Morgan fingerprint density at radius 1 is 1.12 bits per heavy atom. The number of amides is 2. The molecule has 2 saturated heterocycles. The number of carbonyl (C=O) groups excluding carboxylic acids is 2. The summed E-state index contributed by atoms with van der Waals surface area (Å²) in [6.07, 6.45) is 2.64. The molecule has 2 heterocycles. The van der Waals surface area contributed by atoms with E-state index >= 15 is 0 Å². The van der Waals surface area contributed by atoms with Crippen LogP contribution < -0.4 is 5.73 Å². The molecule has 142 valence electrons. The van der Waals surface area contributed by atoms with Crippen molar-refractivity contribution in [3.05, 3.63) is 35.9 Å².